The molecule has 0 bridgehead atoms. The Morgan fingerprint density at radius 1 is 0.500 bits per heavy atom. The molecule has 0 saturated heterocycles. The molecule has 0 spiro atoms. The third-order valence-corrected chi connectivity index (χ3v) is 12.9. The predicted octanol–water partition coefficient (Wildman–Crippen LogP) is 16.5. The molecular formula is C59H66Cl2Zr. The first kappa shape index (κ1) is 50.8. The summed E-state index contributed by atoms with van der Waals surface area (Å²) in [5.41, 5.74) is 19.4. The average Bonchev–Trinajstić information content (AvgIpc) is 3.91. The van der Waals surface area contributed by atoms with Crippen LogP contribution >= 0.6 is 24.8 Å². The Kier molecular flexibility index (Phi) is 17.0. The van der Waals surface area contributed by atoms with Crippen LogP contribution in [0.2, 0.25) is 0 Å². The van der Waals surface area contributed by atoms with Gasteiger partial charge in [-0.25, -0.2) is 12.2 Å². The van der Waals surface area contributed by atoms with Gasteiger partial charge >= 0.3 is 151 Å². The summed E-state index contributed by atoms with van der Waals surface area (Å²) < 4.78 is 1.42. The molecule has 6 aromatic carbocycles. The second-order valence-electron chi connectivity index (χ2n) is 20.4. The molecule has 0 atom stereocenters. The summed E-state index contributed by atoms with van der Waals surface area (Å²) in [5.74, 6) is 0. The van der Waals surface area contributed by atoms with Gasteiger partial charge in [0, 0.05) is 0 Å². The van der Waals surface area contributed by atoms with Crippen molar-refractivity contribution in [3.63, 3.8) is 0 Å². The molecule has 3 heteroatoms. The van der Waals surface area contributed by atoms with E-state index in [0.717, 1.165) is 12.8 Å². The molecule has 2 aliphatic rings. The van der Waals surface area contributed by atoms with Gasteiger partial charge in [0.1, 0.15) is 0 Å². The van der Waals surface area contributed by atoms with E-state index < -0.39 is 0 Å². The standard InChI is InChI=1S/C33H33.C21H26.C5H5.2ClH.Zr/c1-32(2,3)30-20-26-24(18-28(30)22-13-9-7-10-14-22)17-25-19-29(23-15-11-8-12-16-23)31(21-27(25)26)33(4,5)6;1-20(2,3)18-11-7-16(8-12-18)15-17-9-13-19(14-10-17)21(4,5)6;1-2-4-5-3-1;;;/h7-16,18,20-21H,17H2,1-6H3;7-14H,1-6H3;1-3H,4H2;2*1H;/q-1;;-1;;;+2. The molecule has 0 radical (unpaired) electrons. The fourth-order valence-corrected chi connectivity index (χ4v) is 8.70. The molecule has 0 aliphatic heterocycles. The molecule has 0 nitrogen and oxygen atoms in total. The van der Waals surface area contributed by atoms with Gasteiger partial charge in [0.2, 0.25) is 0 Å². The van der Waals surface area contributed by atoms with Crippen molar-refractivity contribution >= 4 is 28.0 Å². The van der Waals surface area contributed by atoms with Crippen molar-refractivity contribution in [1.29, 1.82) is 0 Å². The van der Waals surface area contributed by atoms with Gasteiger partial charge in [0.15, 0.2) is 0 Å². The minimum Gasteiger partial charge on any atom is -0.273 e. The normalized spacial score (nSPS) is 12.7. The van der Waals surface area contributed by atoms with Crippen LogP contribution in [0.3, 0.4) is 0 Å². The summed E-state index contributed by atoms with van der Waals surface area (Å²) in [6, 6.07) is 51.0. The van der Waals surface area contributed by atoms with Crippen molar-refractivity contribution in [3.05, 3.63) is 202 Å². The maximum absolute atomic E-state index is 3.88. The molecule has 0 fully saturated rings. The molecule has 0 aromatic heterocycles. The number of hydrogen-bond donors (Lipinski definition) is 0. The molecule has 62 heavy (non-hydrogen) atoms. The molecule has 0 heterocycles. The van der Waals surface area contributed by atoms with E-state index >= 15 is 0 Å². The average molecular weight is 937 g/mol. The monoisotopic (exact) mass is 934 g/mol. The van der Waals surface area contributed by atoms with Gasteiger partial charge in [0.05, 0.1) is 0 Å². The zero-order valence-corrected chi connectivity index (χ0v) is 43.2. The van der Waals surface area contributed by atoms with Gasteiger partial charge in [-0.15, -0.1) is 60.1 Å². The van der Waals surface area contributed by atoms with Crippen LogP contribution in [0, 0.1) is 12.1 Å². The first-order valence-corrected chi connectivity index (χ1v) is 22.8. The Morgan fingerprint density at radius 2 is 0.968 bits per heavy atom. The number of halogens is 2. The summed E-state index contributed by atoms with van der Waals surface area (Å²) in [7, 11) is 0. The van der Waals surface area contributed by atoms with Gasteiger partial charge in [0.25, 0.3) is 0 Å². The van der Waals surface area contributed by atoms with E-state index in [2.05, 4.69) is 229 Å². The van der Waals surface area contributed by atoms with Crippen molar-refractivity contribution < 1.29 is 24.2 Å². The van der Waals surface area contributed by atoms with Gasteiger partial charge < -0.3 is 0 Å². The van der Waals surface area contributed by atoms with Gasteiger partial charge in [-0.3, -0.25) is 6.08 Å². The van der Waals surface area contributed by atoms with Crippen molar-refractivity contribution in [2.45, 2.75) is 118 Å². The second-order valence-corrected chi connectivity index (χ2v) is 21.7. The molecule has 0 N–H and O–H groups in total. The van der Waals surface area contributed by atoms with Crippen molar-refractivity contribution in [3.8, 4) is 33.4 Å². The number of allylic oxidation sites excluding steroid dienone is 4. The van der Waals surface area contributed by atoms with E-state index in [4.69, 9.17) is 0 Å². The van der Waals surface area contributed by atoms with Gasteiger partial charge in [-0.1, -0.05) is 131 Å². The summed E-state index contributed by atoms with van der Waals surface area (Å²) in [5, 5.41) is 0. The molecular weight excluding hydrogens is 871 g/mol. The van der Waals surface area contributed by atoms with Gasteiger partial charge in [-0.2, -0.15) is 6.08 Å². The summed E-state index contributed by atoms with van der Waals surface area (Å²) in [6.45, 7) is 27.4. The Labute approximate surface area is 402 Å². The number of hydrogen-bond acceptors (Lipinski definition) is 0. The van der Waals surface area contributed by atoms with Crippen LogP contribution in [0.1, 0.15) is 134 Å². The Morgan fingerprint density at radius 3 is 1.37 bits per heavy atom. The van der Waals surface area contributed by atoms with Gasteiger partial charge in [-0.05, 0) is 39.5 Å². The van der Waals surface area contributed by atoms with E-state index in [1.54, 1.807) is 0 Å². The molecule has 2 aliphatic carbocycles. The van der Waals surface area contributed by atoms with Crippen molar-refractivity contribution in [2.75, 3.05) is 0 Å². The largest absolute Gasteiger partial charge is 0.273 e. The van der Waals surface area contributed by atoms with Crippen LogP contribution in [-0.2, 0) is 52.3 Å². The summed E-state index contributed by atoms with van der Waals surface area (Å²) >= 11 is 1.46. The Balaban J connectivity index is 0.000000252. The number of fused-ring (bicyclic) bond motifs is 3. The molecule has 6 aromatic rings. The zero-order chi connectivity index (χ0) is 43.5. The quantitative estimate of drug-likeness (QED) is 0.154. The second kappa shape index (κ2) is 20.8. The maximum Gasteiger partial charge on any atom is -0.109 e. The van der Waals surface area contributed by atoms with E-state index in [-0.39, 0.29) is 46.5 Å². The van der Waals surface area contributed by atoms with Crippen LogP contribution < -0.4 is 0 Å². The Bertz CT molecular complexity index is 2300. The summed E-state index contributed by atoms with van der Waals surface area (Å²) in [6.07, 6.45) is 10.9. The zero-order valence-electron chi connectivity index (χ0n) is 39.1. The van der Waals surface area contributed by atoms with E-state index in [0.29, 0.717) is 0 Å². The Hall–Kier alpha value is -3.87. The molecule has 8 rings (SSSR count). The van der Waals surface area contributed by atoms with Crippen LogP contribution in [0.4, 0.5) is 0 Å². The first-order valence-electron chi connectivity index (χ1n) is 21.6. The fraction of sp³-hybridized carbons (Fsp3) is 0.305. The predicted molar refractivity (Wildman–Crippen MR) is 271 cm³/mol. The summed E-state index contributed by atoms with van der Waals surface area (Å²) in [4.78, 5) is 0. The van der Waals surface area contributed by atoms with Crippen LogP contribution in [0.25, 0.3) is 33.4 Å². The van der Waals surface area contributed by atoms with Crippen LogP contribution in [0.15, 0.2) is 146 Å². The van der Waals surface area contributed by atoms with E-state index in [1.807, 2.05) is 12.2 Å². The van der Waals surface area contributed by atoms with Crippen molar-refractivity contribution in [2.24, 2.45) is 0 Å². The molecule has 0 unspecified atom stereocenters. The minimum absolute atomic E-state index is 0. The van der Waals surface area contributed by atoms with E-state index in [9.17, 15) is 0 Å². The smallest absolute Gasteiger partial charge is 0.109 e. The third-order valence-electron chi connectivity index (χ3n) is 11.5. The van der Waals surface area contributed by atoms with E-state index in [1.165, 1.54) is 105 Å². The third kappa shape index (κ3) is 12.4. The fourth-order valence-electron chi connectivity index (χ4n) is 7.88. The molecule has 0 saturated carbocycles. The number of rotatable bonds is 4. The maximum atomic E-state index is 3.88. The SMILES string of the molecule is CC(C)(C)c1cc2c([c-]c1-c1ccccc1)Cc1cc(-c3ccccc3)c(C(C)(C)C)cc1-2.CC(C)(C)c1ccc([C](=[Zr+2])c2ccc(C(C)(C)C)cc2)cc1.Cl.Cl.[C-]1=CC=CC1. The topological polar surface area (TPSA) is 0 Å². The van der Waals surface area contributed by atoms with Crippen LogP contribution in [-0.4, -0.2) is 3.21 Å². The molecule has 0 amide bonds. The minimum atomic E-state index is 0. The van der Waals surface area contributed by atoms with Crippen molar-refractivity contribution in [1.82, 2.24) is 0 Å². The number of benzene rings is 6. The molecule has 320 valence electrons. The van der Waals surface area contributed by atoms with Crippen LogP contribution in [0.5, 0.6) is 0 Å². The first-order chi connectivity index (χ1) is 28.2.